The van der Waals surface area contributed by atoms with Crippen LogP contribution >= 0.6 is 0 Å². The van der Waals surface area contributed by atoms with Crippen molar-refractivity contribution in [3.05, 3.63) is 29.8 Å². The molecule has 2 saturated heterocycles. The summed E-state index contributed by atoms with van der Waals surface area (Å²) < 4.78 is 58.3. The molecule has 0 spiro atoms. The van der Waals surface area contributed by atoms with Crippen LogP contribution in [0, 0.1) is 0 Å². The second-order valence-electron chi connectivity index (χ2n) is 23.2. The lowest BCUT2D eigenvalue weighted by Gasteiger charge is -2.49. The SMILES string of the molecule is COc1ccc(COC(=O)NCC[C@H](O)C(=O)N[C@@H]2C[C@H](NC(=O)OC(C)(C)C)[C@@H](O[C@H]3O[C@H](CNC(=O)OC(C)(C)C)CC[C@H]3NC(=O)OC(C)(C)C)[C@H](O)[C@H]2O[C@H]2O[C@H](CO)C[C@H](N)[C@H]2NC(=O)OC(C)(C)C)cc1. The molecule has 13 atom stereocenters. The van der Waals surface area contributed by atoms with Crippen molar-refractivity contribution >= 4 is 36.4 Å². The van der Waals surface area contributed by atoms with Crippen molar-refractivity contribution in [2.45, 2.75) is 224 Å². The fourth-order valence-electron chi connectivity index (χ4n) is 8.33. The molecule has 1 saturated carbocycles. The van der Waals surface area contributed by atoms with Crippen LogP contribution in [-0.2, 0) is 54.0 Å². The van der Waals surface area contributed by atoms with Crippen molar-refractivity contribution in [3.63, 3.8) is 0 Å². The number of methoxy groups -OCH3 is 1. The molecule has 77 heavy (non-hydrogen) atoms. The number of amides is 6. The maximum atomic E-state index is 14.0. The van der Waals surface area contributed by atoms with Gasteiger partial charge >= 0.3 is 30.5 Å². The van der Waals surface area contributed by atoms with Gasteiger partial charge in [0.1, 0.15) is 59.2 Å². The van der Waals surface area contributed by atoms with E-state index in [1.807, 2.05) is 0 Å². The van der Waals surface area contributed by atoms with Gasteiger partial charge in [-0.15, -0.1) is 0 Å². The summed E-state index contributed by atoms with van der Waals surface area (Å²) in [5, 5.41) is 50.3. The molecule has 3 fully saturated rings. The van der Waals surface area contributed by atoms with E-state index in [4.69, 9.17) is 53.1 Å². The standard InChI is InChI=1S/C51H85N7O19/c1-48(2,3)74-44(64)54-24-29-18-19-32(56-45(65)75-49(4,5)6)41(70-29)72-39-34(57-46(66)76-50(7,8)9)23-33(55-40(62)35(60)20-21-53-43(63)69-26-27-14-16-28(68-13)17-15-27)38(37(39)61)73-42-36(31(52)22-30(25-59)71-42)58-47(67)77-51(10,11)12/h14-17,29-39,41-42,59-61H,18-26,52H2,1-13H3,(H,53,63)(H,54,64)(H,55,62)(H,56,65)(H,57,66)(H,58,67)/t29-,30-,31-,32+,33+,34-,35-,36+,37+,38-,39+,41+,42+/m0/s1. The summed E-state index contributed by atoms with van der Waals surface area (Å²) >= 11 is 0. The molecule has 2 aliphatic heterocycles. The van der Waals surface area contributed by atoms with E-state index in [0.717, 1.165) is 0 Å². The number of nitrogens with two attached hydrogens (primary N) is 1. The van der Waals surface area contributed by atoms with Crippen LogP contribution in [0.5, 0.6) is 5.75 Å². The third kappa shape index (κ3) is 22.4. The van der Waals surface area contributed by atoms with E-state index in [-0.39, 0.29) is 51.8 Å². The van der Waals surface area contributed by atoms with Gasteiger partial charge in [-0.05, 0) is 133 Å². The van der Waals surface area contributed by atoms with Crippen LogP contribution in [0.4, 0.5) is 24.0 Å². The van der Waals surface area contributed by atoms with Crippen LogP contribution in [-0.4, -0.2) is 180 Å². The summed E-state index contributed by atoms with van der Waals surface area (Å²) in [6, 6.07) is 1.11. The predicted octanol–water partition coefficient (Wildman–Crippen LogP) is 2.84. The van der Waals surface area contributed by atoms with Crippen molar-refractivity contribution in [2.24, 2.45) is 5.73 Å². The minimum atomic E-state index is -1.91. The van der Waals surface area contributed by atoms with Gasteiger partial charge in [0.15, 0.2) is 12.6 Å². The zero-order valence-corrected chi connectivity index (χ0v) is 46.6. The molecule has 1 aromatic rings. The maximum absolute atomic E-state index is 14.0. The normalized spacial score (nSPS) is 27.3. The monoisotopic (exact) mass is 1100 g/mol. The molecule has 26 nitrogen and oxygen atoms in total. The smallest absolute Gasteiger partial charge is 0.408 e. The van der Waals surface area contributed by atoms with E-state index in [0.29, 0.717) is 11.3 Å². The van der Waals surface area contributed by atoms with Crippen LogP contribution in [0.2, 0.25) is 0 Å². The summed E-state index contributed by atoms with van der Waals surface area (Å²) in [6.45, 7) is 19.1. The van der Waals surface area contributed by atoms with Crippen LogP contribution in [0.15, 0.2) is 24.3 Å². The first-order chi connectivity index (χ1) is 35.7. The Morgan fingerprint density at radius 3 is 1.70 bits per heavy atom. The Hall–Kier alpha value is -5.48. The summed E-state index contributed by atoms with van der Waals surface area (Å²) in [7, 11) is 1.52. The molecule has 1 aliphatic carbocycles. The zero-order chi connectivity index (χ0) is 57.6. The van der Waals surface area contributed by atoms with E-state index in [1.54, 1.807) is 107 Å². The van der Waals surface area contributed by atoms with Crippen LogP contribution in [0.3, 0.4) is 0 Å². The zero-order valence-electron chi connectivity index (χ0n) is 46.6. The van der Waals surface area contributed by atoms with E-state index < -0.39 is 145 Å². The first-order valence-electron chi connectivity index (χ1n) is 25.8. The van der Waals surface area contributed by atoms with Gasteiger partial charge in [0.05, 0.1) is 50.1 Å². The first kappa shape index (κ1) is 64.0. The minimum Gasteiger partial charge on any atom is -0.497 e. The van der Waals surface area contributed by atoms with Gasteiger partial charge in [0.2, 0.25) is 5.91 Å². The topological polar surface area (TPSA) is 354 Å². The van der Waals surface area contributed by atoms with Crippen LogP contribution in [0.25, 0.3) is 0 Å². The number of ether oxygens (including phenoxy) is 10. The Kier molecular flexibility index (Phi) is 23.2. The van der Waals surface area contributed by atoms with Gasteiger partial charge in [-0.1, -0.05) is 12.1 Å². The van der Waals surface area contributed by atoms with E-state index in [1.165, 1.54) is 7.11 Å². The number of hydrogen-bond acceptors (Lipinski definition) is 20. The van der Waals surface area contributed by atoms with E-state index >= 15 is 0 Å². The molecule has 0 bridgehead atoms. The third-order valence-corrected chi connectivity index (χ3v) is 11.6. The number of benzene rings is 1. The predicted molar refractivity (Wildman–Crippen MR) is 274 cm³/mol. The molecule has 2 heterocycles. The molecule has 1 aromatic carbocycles. The van der Waals surface area contributed by atoms with E-state index in [9.17, 15) is 44.1 Å². The van der Waals surface area contributed by atoms with Gasteiger partial charge in [-0.2, -0.15) is 0 Å². The highest BCUT2D eigenvalue weighted by atomic mass is 16.7. The highest BCUT2D eigenvalue weighted by molar-refractivity contribution is 5.81. The number of carbonyl (C=O) groups is 6. The molecular formula is C51H85N7O19. The van der Waals surface area contributed by atoms with Crippen molar-refractivity contribution < 1.29 is 91.5 Å². The second kappa shape index (κ2) is 27.9. The molecular weight excluding hydrogens is 1010 g/mol. The molecule has 11 N–H and O–H groups in total. The average Bonchev–Trinajstić information content (AvgIpc) is 3.29. The number of aliphatic hydroxyl groups is 3. The van der Waals surface area contributed by atoms with Gasteiger partial charge in [0, 0.05) is 19.1 Å². The van der Waals surface area contributed by atoms with Gasteiger partial charge < -0.3 is 100 Å². The molecule has 3 aliphatic rings. The van der Waals surface area contributed by atoms with Gasteiger partial charge in [0.25, 0.3) is 0 Å². The lowest BCUT2D eigenvalue weighted by molar-refractivity contribution is -0.289. The highest BCUT2D eigenvalue weighted by Crippen LogP contribution is 2.33. The molecule has 0 aromatic heterocycles. The third-order valence-electron chi connectivity index (χ3n) is 11.6. The quantitative estimate of drug-likeness (QED) is 0.0945. The highest BCUT2D eigenvalue weighted by Gasteiger charge is 2.52. The fraction of sp³-hybridized carbons (Fsp3) is 0.765. The van der Waals surface area contributed by atoms with Crippen molar-refractivity contribution in [2.75, 3.05) is 26.8 Å². The summed E-state index contributed by atoms with van der Waals surface area (Å²) in [4.78, 5) is 79.5. The number of aliphatic hydroxyl groups excluding tert-OH is 3. The van der Waals surface area contributed by atoms with Gasteiger partial charge in [-0.3, -0.25) is 4.79 Å². The van der Waals surface area contributed by atoms with Crippen molar-refractivity contribution in [3.8, 4) is 5.75 Å². The molecule has 6 amide bonds. The number of hydrogen-bond donors (Lipinski definition) is 10. The van der Waals surface area contributed by atoms with Crippen molar-refractivity contribution in [1.82, 2.24) is 31.9 Å². The Morgan fingerprint density at radius 2 is 1.16 bits per heavy atom. The largest absolute Gasteiger partial charge is 0.497 e. The molecule has 26 heteroatoms. The van der Waals surface area contributed by atoms with Crippen molar-refractivity contribution in [1.29, 1.82) is 0 Å². The number of nitrogens with one attached hydrogen (secondary N) is 6. The van der Waals surface area contributed by atoms with Crippen LogP contribution in [0.1, 0.15) is 121 Å². The average molecular weight is 1100 g/mol. The lowest BCUT2D eigenvalue weighted by atomic mass is 9.83. The van der Waals surface area contributed by atoms with Crippen LogP contribution < -0.4 is 42.4 Å². The number of rotatable bonds is 18. The Labute approximate surface area is 450 Å². The number of alkyl carbamates (subject to hydrolysis) is 5. The molecule has 0 unspecified atom stereocenters. The molecule has 438 valence electrons. The van der Waals surface area contributed by atoms with Gasteiger partial charge in [-0.25, -0.2) is 24.0 Å². The van der Waals surface area contributed by atoms with E-state index in [2.05, 4.69) is 31.9 Å². The molecule has 4 rings (SSSR count). The Morgan fingerprint density at radius 1 is 0.649 bits per heavy atom. The maximum Gasteiger partial charge on any atom is 0.408 e. The second-order valence-corrected chi connectivity index (χ2v) is 23.2. The fourth-order valence-corrected chi connectivity index (χ4v) is 8.33. The summed E-state index contributed by atoms with van der Waals surface area (Å²) in [6.07, 6.45) is -15.9. The number of carbonyl (C=O) groups excluding carboxylic acids is 6. The first-order valence-corrected chi connectivity index (χ1v) is 25.8. The summed E-state index contributed by atoms with van der Waals surface area (Å²) in [5.41, 5.74) is 3.59. The minimum absolute atomic E-state index is 0.0437. The Bertz CT molecular complexity index is 2090. The Balaban J connectivity index is 1.71. The summed E-state index contributed by atoms with van der Waals surface area (Å²) in [5.74, 6) is -0.372. The molecule has 0 radical (unpaired) electrons. The lowest BCUT2D eigenvalue weighted by Crippen LogP contribution is -2.70.